The minimum atomic E-state index is 0.161. The summed E-state index contributed by atoms with van der Waals surface area (Å²) in [6.45, 7) is 6.17. The zero-order valence-corrected chi connectivity index (χ0v) is 11.7. The molecule has 2 aliphatic heterocycles. The molecule has 0 radical (unpaired) electrons. The number of rotatable bonds is 5. The fourth-order valence-electron chi connectivity index (χ4n) is 3.59. The van der Waals surface area contributed by atoms with Crippen molar-refractivity contribution in [1.29, 1.82) is 0 Å². The van der Waals surface area contributed by atoms with Gasteiger partial charge in [-0.15, -0.1) is 0 Å². The Kier molecular flexibility index (Phi) is 4.39. The predicted octanol–water partition coefficient (Wildman–Crippen LogP) is -0.509. The minimum Gasteiger partial charge on any atom is -0.395 e. The quantitative estimate of drug-likeness (QED) is 0.704. The van der Waals surface area contributed by atoms with Gasteiger partial charge in [-0.1, -0.05) is 0 Å². The van der Waals surface area contributed by atoms with E-state index in [1.54, 1.807) is 0 Å². The lowest BCUT2D eigenvalue weighted by Gasteiger charge is -2.34. The number of morpholine rings is 1. The molecule has 3 aliphatic rings. The van der Waals surface area contributed by atoms with Crippen LogP contribution in [-0.2, 0) is 4.74 Å². The summed E-state index contributed by atoms with van der Waals surface area (Å²) >= 11 is 0. The number of nitrogens with zero attached hydrogens (tertiary/aromatic N) is 2. The van der Waals surface area contributed by atoms with Crippen LogP contribution in [0.5, 0.6) is 0 Å². The number of aliphatic hydroxyl groups excluding tert-OH is 1. The van der Waals surface area contributed by atoms with E-state index < -0.39 is 0 Å². The highest BCUT2D eigenvalue weighted by atomic mass is 16.5. The van der Waals surface area contributed by atoms with Gasteiger partial charge in [-0.3, -0.25) is 9.80 Å². The molecule has 0 aromatic heterocycles. The molecule has 3 atom stereocenters. The Hall–Kier alpha value is -0.200. The van der Waals surface area contributed by atoms with Crippen LogP contribution in [0.2, 0.25) is 0 Å². The van der Waals surface area contributed by atoms with Gasteiger partial charge in [-0.2, -0.15) is 0 Å². The van der Waals surface area contributed by atoms with Gasteiger partial charge in [0.1, 0.15) is 0 Å². The van der Waals surface area contributed by atoms with Gasteiger partial charge in [0.05, 0.1) is 19.8 Å². The third-order valence-electron chi connectivity index (χ3n) is 5.02. The highest BCUT2D eigenvalue weighted by Gasteiger charge is 2.39. The van der Waals surface area contributed by atoms with Crippen LogP contribution in [0.3, 0.4) is 0 Å². The molecule has 3 unspecified atom stereocenters. The SMILES string of the molecule is NC(C1CC1)C(CO)N1CCC(N2CCOCC2)C1. The van der Waals surface area contributed by atoms with E-state index in [1.165, 1.54) is 19.3 Å². The number of hydrogen-bond acceptors (Lipinski definition) is 5. The van der Waals surface area contributed by atoms with Crippen LogP contribution in [0.25, 0.3) is 0 Å². The highest BCUT2D eigenvalue weighted by Crippen LogP contribution is 2.34. The molecular weight excluding hydrogens is 242 g/mol. The fraction of sp³-hybridized carbons (Fsp3) is 1.00. The molecule has 0 spiro atoms. The third kappa shape index (κ3) is 3.11. The second-order valence-electron chi connectivity index (χ2n) is 6.25. The van der Waals surface area contributed by atoms with Crippen molar-refractivity contribution in [3.63, 3.8) is 0 Å². The zero-order chi connectivity index (χ0) is 13.2. The van der Waals surface area contributed by atoms with Crippen molar-refractivity contribution >= 4 is 0 Å². The summed E-state index contributed by atoms with van der Waals surface area (Å²) in [5.74, 6) is 0.652. The number of aliphatic hydroxyl groups is 1. The van der Waals surface area contributed by atoms with Crippen LogP contribution in [0.15, 0.2) is 0 Å². The average Bonchev–Trinajstić information content (AvgIpc) is 3.20. The molecule has 3 fully saturated rings. The molecule has 5 nitrogen and oxygen atoms in total. The van der Waals surface area contributed by atoms with E-state index in [0.717, 1.165) is 39.4 Å². The standard InChI is InChI=1S/C14H27N3O2/c15-14(11-1-2-11)13(10-18)17-4-3-12(9-17)16-5-7-19-8-6-16/h11-14,18H,1-10,15H2. The molecule has 0 amide bonds. The molecule has 1 saturated carbocycles. The van der Waals surface area contributed by atoms with Crippen molar-refractivity contribution in [1.82, 2.24) is 9.80 Å². The van der Waals surface area contributed by atoms with Crippen LogP contribution in [0.4, 0.5) is 0 Å². The Morgan fingerprint density at radius 3 is 2.53 bits per heavy atom. The predicted molar refractivity (Wildman–Crippen MR) is 73.9 cm³/mol. The Morgan fingerprint density at radius 1 is 1.16 bits per heavy atom. The molecule has 1 aliphatic carbocycles. The van der Waals surface area contributed by atoms with Gasteiger partial charge in [0.2, 0.25) is 0 Å². The maximum atomic E-state index is 9.67. The average molecular weight is 269 g/mol. The van der Waals surface area contributed by atoms with Crippen LogP contribution < -0.4 is 5.73 Å². The molecular formula is C14H27N3O2. The molecule has 0 aromatic rings. The van der Waals surface area contributed by atoms with Crippen LogP contribution in [-0.4, -0.2) is 79.0 Å². The number of likely N-dealkylation sites (tertiary alicyclic amines) is 1. The topological polar surface area (TPSA) is 62.0 Å². The molecule has 0 bridgehead atoms. The summed E-state index contributed by atoms with van der Waals surface area (Å²) in [6, 6.07) is 0.955. The van der Waals surface area contributed by atoms with Gasteiger partial charge in [-0.25, -0.2) is 0 Å². The molecule has 3 N–H and O–H groups in total. The van der Waals surface area contributed by atoms with Gasteiger partial charge in [0.15, 0.2) is 0 Å². The Morgan fingerprint density at radius 2 is 1.89 bits per heavy atom. The van der Waals surface area contributed by atoms with E-state index in [4.69, 9.17) is 10.5 Å². The van der Waals surface area contributed by atoms with E-state index in [0.29, 0.717) is 12.0 Å². The van der Waals surface area contributed by atoms with Crippen LogP contribution in [0.1, 0.15) is 19.3 Å². The van der Waals surface area contributed by atoms with Gasteiger partial charge >= 0.3 is 0 Å². The Labute approximate surface area is 115 Å². The van der Waals surface area contributed by atoms with Crippen LogP contribution >= 0.6 is 0 Å². The second-order valence-corrected chi connectivity index (χ2v) is 6.25. The first-order chi connectivity index (χ1) is 9.29. The lowest BCUT2D eigenvalue weighted by Crippen LogP contribution is -2.52. The molecule has 2 saturated heterocycles. The van der Waals surface area contributed by atoms with E-state index in [1.807, 2.05) is 0 Å². The number of nitrogens with two attached hydrogens (primary N) is 1. The Balaban J connectivity index is 1.54. The highest BCUT2D eigenvalue weighted by molar-refractivity contribution is 4.96. The maximum Gasteiger partial charge on any atom is 0.0602 e. The largest absolute Gasteiger partial charge is 0.395 e. The van der Waals surface area contributed by atoms with Gasteiger partial charge in [0, 0.05) is 44.3 Å². The van der Waals surface area contributed by atoms with E-state index >= 15 is 0 Å². The van der Waals surface area contributed by atoms with Crippen molar-refractivity contribution in [3.05, 3.63) is 0 Å². The van der Waals surface area contributed by atoms with Crippen molar-refractivity contribution in [2.45, 2.75) is 37.4 Å². The summed E-state index contributed by atoms with van der Waals surface area (Å²) in [6.07, 6.45) is 3.70. The number of ether oxygens (including phenoxy) is 1. The van der Waals surface area contributed by atoms with Crippen LogP contribution in [0, 0.1) is 5.92 Å². The van der Waals surface area contributed by atoms with E-state index in [-0.39, 0.29) is 18.7 Å². The van der Waals surface area contributed by atoms with Gasteiger partial charge in [0.25, 0.3) is 0 Å². The first-order valence-electron chi connectivity index (χ1n) is 7.72. The summed E-state index contributed by atoms with van der Waals surface area (Å²) < 4.78 is 5.42. The van der Waals surface area contributed by atoms with E-state index in [2.05, 4.69) is 9.80 Å². The maximum absolute atomic E-state index is 9.67. The normalized spacial score (nSPS) is 33.5. The smallest absolute Gasteiger partial charge is 0.0602 e. The lowest BCUT2D eigenvalue weighted by molar-refractivity contribution is 0.0160. The minimum absolute atomic E-state index is 0.161. The third-order valence-corrected chi connectivity index (χ3v) is 5.02. The first-order valence-corrected chi connectivity index (χ1v) is 7.72. The van der Waals surface area contributed by atoms with Crippen molar-refractivity contribution in [2.75, 3.05) is 46.0 Å². The molecule has 19 heavy (non-hydrogen) atoms. The molecule has 110 valence electrons. The van der Waals surface area contributed by atoms with Crippen molar-refractivity contribution in [3.8, 4) is 0 Å². The van der Waals surface area contributed by atoms with Gasteiger partial charge in [-0.05, 0) is 25.2 Å². The monoisotopic (exact) mass is 269 g/mol. The molecule has 2 heterocycles. The lowest BCUT2D eigenvalue weighted by atomic mass is 10.0. The fourth-order valence-corrected chi connectivity index (χ4v) is 3.59. The zero-order valence-electron chi connectivity index (χ0n) is 11.7. The molecule has 5 heteroatoms. The van der Waals surface area contributed by atoms with Crippen molar-refractivity contribution in [2.24, 2.45) is 11.7 Å². The van der Waals surface area contributed by atoms with Gasteiger partial charge < -0.3 is 15.6 Å². The van der Waals surface area contributed by atoms with Crippen molar-refractivity contribution < 1.29 is 9.84 Å². The van der Waals surface area contributed by atoms with E-state index in [9.17, 15) is 5.11 Å². The summed E-state index contributed by atoms with van der Waals surface area (Å²) in [7, 11) is 0. The summed E-state index contributed by atoms with van der Waals surface area (Å²) in [5, 5.41) is 9.67. The molecule has 0 aromatic carbocycles. The Bertz CT molecular complexity index is 292. The summed E-state index contributed by atoms with van der Waals surface area (Å²) in [4.78, 5) is 4.96. The first kappa shape index (κ1) is 13.8. The summed E-state index contributed by atoms with van der Waals surface area (Å²) in [5.41, 5.74) is 6.30. The second kappa shape index (κ2) is 6.06. The number of hydrogen-bond donors (Lipinski definition) is 2. The molecule has 3 rings (SSSR count).